The number of nitrogens with zero attached hydrogens (tertiary/aromatic N) is 3. The number of aromatic nitrogens is 2. The Kier molecular flexibility index (Phi) is 6.72. The van der Waals surface area contributed by atoms with E-state index in [1.54, 1.807) is 13.1 Å². The van der Waals surface area contributed by atoms with Crippen LogP contribution in [-0.2, 0) is 9.53 Å². The van der Waals surface area contributed by atoms with E-state index in [-0.39, 0.29) is 24.6 Å². The smallest absolute Gasteiger partial charge is 0.325 e. The lowest BCUT2D eigenvalue weighted by Crippen LogP contribution is -2.35. The molecule has 2 aromatic heterocycles. The van der Waals surface area contributed by atoms with Gasteiger partial charge in [-0.3, -0.25) is 9.78 Å². The van der Waals surface area contributed by atoms with E-state index in [0.29, 0.717) is 16.7 Å². The number of rotatable bonds is 6. The van der Waals surface area contributed by atoms with Crippen molar-refractivity contribution in [3.8, 4) is 5.69 Å². The van der Waals surface area contributed by atoms with Crippen molar-refractivity contribution in [3.05, 3.63) is 81.9 Å². The summed E-state index contributed by atoms with van der Waals surface area (Å²) in [5.74, 6) is -0.312. The standard InChI is InChI=1S/C25H27ClN4O2S/c1-5-32-22(31)14-29-24(23(28-25(29)33)20-8-6-7-11-27-20)19-12-16(3)30(17(19)4)21-13-18(26)10-9-15(21)2/h6-13,23-24H,5,14H2,1-4H3,(H,28,33)/t23-,24-/m0/s1. The number of hydrogen-bond donors (Lipinski definition) is 1. The van der Waals surface area contributed by atoms with Crippen LogP contribution in [0.2, 0.25) is 5.02 Å². The monoisotopic (exact) mass is 482 g/mol. The Labute approximate surface area is 204 Å². The van der Waals surface area contributed by atoms with E-state index in [1.165, 1.54) is 0 Å². The molecule has 4 rings (SSSR count). The fourth-order valence-corrected chi connectivity index (χ4v) is 5.01. The molecule has 3 heterocycles. The zero-order chi connectivity index (χ0) is 23.7. The second kappa shape index (κ2) is 9.53. The number of aryl methyl sites for hydroxylation is 2. The predicted octanol–water partition coefficient (Wildman–Crippen LogP) is 4.99. The number of pyridine rings is 1. The molecule has 2 atom stereocenters. The second-order valence-electron chi connectivity index (χ2n) is 8.15. The van der Waals surface area contributed by atoms with Gasteiger partial charge in [-0.25, -0.2) is 0 Å². The first-order chi connectivity index (χ1) is 15.8. The molecular formula is C25H27ClN4O2S. The number of carbonyl (C=O) groups is 1. The summed E-state index contributed by atoms with van der Waals surface area (Å²) in [6, 6.07) is 13.4. The van der Waals surface area contributed by atoms with E-state index < -0.39 is 0 Å². The van der Waals surface area contributed by atoms with Crippen molar-refractivity contribution in [3.63, 3.8) is 0 Å². The highest BCUT2D eigenvalue weighted by Gasteiger charge is 2.42. The van der Waals surface area contributed by atoms with Crippen molar-refractivity contribution in [1.82, 2.24) is 19.8 Å². The molecular weight excluding hydrogens is 456 g/mol. The van der Waals surface area contributed by atoms with Gasteiger partial charge in [-0.1, -0.05) is 23.7 Å². The number of halogens is 1. The summed E-state index contributed by atoms with van der Waals surface area (Å²) < 4.78 is 7.44. The third kappa shape index (κ3) is 4.48. The Morgan fingerprint density at radius 2 is 2.00 bits per heavy atom. The van der Waals surface area contributed by atoms with Gasteiger partial charge < -0.3 is 19.5 Å². The summed E-state index contributed by atoms with van der Waals surface area (Å²) in [6.07, 6.45) is 1.77. The number of benzene rings is 1. The molecule has 6 nitrogen and oxygen atoms in total. The van der Waals surface area contributed by atoms with Crippen molar-refractivity contribution in [1.29, 1.82) is 0 Å². The van der Waals surface area contributed by atoms with E-state index in [1.807, 2.05) is 41.3 Å². The molecule has 33 heavy (non-hydrogen) atoms. The maximum atomic E-state index is 12.4. The molecule has 0 amide bonds. The van der Waals surface area contributed by atoms with Crippen LogP contribution in [0.25, 0.3) is 5.69 Å². The molecule has 0 unspecified atom stereocenters. The van der Waals surface area contributed by atoms with Gasteiger partial charge >= 0.3 is 5.97 Å². The highest BCUT2D eigenvalue weighted by atomic mass is 35.5. The first-order valence-corrected chi connectivity index (χ1v) is 11.7. The molecule has 0 bridgehead atoms. The van der Waals surface area contributed by atoms with Gasteiger partial charge in [0.15, 0.2) is 5.11 Å². The van der Waals surface area contributed by atoms with Crippen LogP contribution in [0.15, 0.2) is 48.7 Å². The van der Waals surface area contributed by atoms with Crippen LogP contribution < -0.4 is 5.32 Å². The Bertz CT molecular complexity index is 1190. The molecule has 1 saturated heterocycles. The normalized spacial score (nSPS) is 17.8. The quantitative estimate of drug-likeness (QED) is 0.394. The predicted molar refractivity (Wildman–Crippen MR) is 134 cm³/mol. The number of thiocarbonyl (C=S) groups is 1. The Morgan fingerprint density at radius 1 is 1.21 bits per heavy atom. The van der Waals surface area contributed by atoms with Crippen molar-refractivity contribution in [2.45, 2.75) is 39.8 Å². The Morgan fingerprint density at radius 3 is 2.70 bits per heavy atom. The minimum Gasteiger partial charge on any atom is -0.465 e. The van der Waals surface area contributed by atoms with Gasteiger partial charge in [-0.15, -0.1) is 0 Å². The van der Waals surface area contributed by atoms with Gasteiger partial charge in [0.1, 0.15) is 6.54 Å². The van der Waals surface area contributed by atoms with Gasteiger partial charge in [0, 0.05) is 28.3 Å². The molecule has 1 N–H and O–H groups in total. The molecule has 1 fully saturated rings. The highest BCUT2D eigenvalue weighted by Crippen LogP contribution is 2.41. The van der Waals surface area contributed by atoms with Crippen LogP contribution in [0.1, 0.15) is 47.2 Å². The van der Waals surface area contributed by atoms with E-state index in [0.717, 1.165) is 33.9 Å². The van der Waals surface area contributed by atoms with Crippen LogP contribution in [-0.4, -0.2) is 38.7 Å². The molecule has 8 heteroatoms. The van der Waals surface area contributed by atoms with Gasteiger partial charge in [0.25, 0.3) is 0 Å². The summed E-state index contributed by atoms with van der Waals surface area (Å²) in [7, 11) is 0. The molecule has 1 aliphatic heterocycles. The van der Waals surface area contributed by atoms with Gasteiger partial charge in [0.2, 0.25) is 0 Å². The van der Waals surface area contributed by atoms with Gasteiger partial charge in [-0.05, 0) is 81.4 Å². The molecule has 0 aliphatic carbocycles. The third-order valence-electron chi connectivity index (χ3n) is 6.00. The van der Waals surface area contributed by atoms with Gasteiger partial charge in [-0.2, -0.15) is 0 Å². The second-order valence-corrected chi connectivity index (χ2v) is 8.98. The van der Waals surface area contributed by atoms with Crippen LogP contribution in [0.5, 0.6) is 0 Å². The van der Waals surface area contributed by atoms with Crippen LogP contribution in [0.4, 0.5) is 0 Å². The number of ether oxygens (including phenoxy) is 1. The van der Waals surface area contributed by atoms with E-state index in [2.05, 4.69) is 41.7 Å². The number of nitrogens with one attached hydrogen (secondary N) is 1. The molecule has 0 spiro atoms. The molecule has 3 aromatic rings. The summed E-state index contributed by atoms with van der Waals surface area (Å²) in [5, 5.41) is 4.58. The summed E-state index contributed by atoms with van der Waals surface area (Å²) in [6.45, 7) is 8.41. The lowest BCUT2D eigenvalue weighted by molar-refractivity contribution is -0.143. The third-order valence-corrected chi connectivity index (χ3v) is 6.59. The fourth-order valence-electron chi connectivity index (χ4n) is 4.54. The summed E-state index contributed by atoms with van der Waals surface area (Å²) in [5.41, 5.74) is 6.21. The first kappa shape index (κ1) is 23.3. The zero-order valence-corrected chi connectivity index (χ0v) is 20.7. The average molecular weight is 483 g/mol. The molecule has 1 aromatic carbocycles. The van der Waals surface area contributed by atoms with Crippen LogP contribution >= 0.6 is 23.8 Å². The summed E-state index contributed by atoms with van der Waals surface area (Å²) in [4.78, 5) is 18.9. The number of esters is 1. The van der Waals surface area contributed by atoms with Crippen molar-refractivity contribution >= 4 is 34.9 Å². The van der Waals surface area contributed by atoms with Crippen LogP contribution in [0.3, 0.4) is 0 Å². The van der Waals surface area contributed by atoms with Crippen LogP contribution in [0, 0.1) is 20.8 Å². The Balaban J connectivity index is 1.84. The lowest BCUT2D eigenvalue weighted by atomic mass is 9.96. The molecule has 172 valence electrons. The van der Waals surface area contributed by atoms with E-state index >= 15 is 0 Å². The molecule has 0 radical (unpaired) electrons. The SMILES string of the molecule is CCOC(=O)CN1C(=S)N[C@@H](c2ccccn2)[C@@H]1c1cc(C)n(-c2cc(Cl)ccc2C)c1C. The fraction of sp³-hybridized carbons (Fsp3) is 0.320. The van der Waals surface area contributed by atoms with E-state index in [9.17, 15) is 4.79 Å². The highest BCUT2D eigenvalue weighted by molar-refractivity contribution is 7.80. The van der Waals surface area contributed by atoms with Gasteiger partial charge in [0.05, 0.1) is 24.4 Å². The minimum absolute atomic E-state index is 0.0630. The Hall–Kier alpha value is -2.90. The topological polar surface area (TPSA) is 59.4 Å². The van der Waals surface area contributed by atoms with Crippen molar-refractivity contribution in [2.24, 2.45) is 0 Å². The molecule has 1 aliphatic rings. The average Bonchev–Trinajstić information content (AvgIpc) is 3.26. The van der Waals surface area contributed by atoms with Crippen molar-refractivity contribution in [2.75, 3.05) is 13.2 Å². The zero-order valence-electron chi connectivity index (χ0n) is 19.1. The number of hydrogen-bond acceptors (Lipinski definition) is 4. The van der Waals surface area contributed by atoms with Crippen molar-refractivity contribution < 1.29 is 9.53 Å². The molecule has 0 saturated carbocycles. The maximum absolute atomic E-state index is 12.4. The van der Waals surface area contributed by atoms with E-state index in [4.69, 9.17) is 28.6 Å². The number of carbonyl (C=O) groups excluding carboxylic acids is 1. The first-order valence-electron chi connectivity index (χ1n) is 10.9. The summed E-state index contributed by atoms with van der Waals surface area (Å²) >= 11 is 12.0. The minimum atomic E-state index is -0.312. The largest absolute Gasteiger partial charge is 0.465 e. The maximum Gasteiger partial charge on any atom is 0.325 e. The lowest BCUT2D eigenvalue weighted by Gasteiger charge is -2.27.